The van der Waals surface area contributed by atoms with Crippen LogP contribution in [-0.2, 0) is 9.47 Å². The lowest BCUT2D eigenvalue weighted by molar-refractivity contribution is -0.0122. The van der Waals surface area contributed by atoms with E-state index in [1.807, 2.05) is 19.1 Å². The number of carbonyl (C=O) groups excluding carboxylic acids is 1. The number of nitrogens with one attached hydrogen (secondary N) is 1. The summed E-state index contributed by atoms with van der Waals surface area (Å²) in [6.45, 7) is 6.51. The van der Waals surface area contributed by atoms with Gasteiger partial charge in [-0.05, 0) is 44.7 Å². The van der Waals surface area contributed by atoms with E-state index < -0.39 is 0 Å². The molecule has 0 aliphatic carbocycles. The fraction of sp³-hybridized carbons (Fsp3) is 0.714. The van der Waals surface area contributed by atoms with Crippen molar-refractivity contribution in [3.63, 3.8) is 0 Å². The van der Waals surface area contributed by atoms with E-state index in [1.165, 1.54) is 6.42 Å². The van der Waals surface area contributed by atoms with Gasteiger partial charge in [-0.1, -0.05) is 0 Å². The first kappa shape index (κ1) is 17.6. The van der Waals surface area contributed by atoms with Crippen LogP contribution in [-0.4, -0.2) is 66.4 Å². The molecule has 5 rings (SSSR count). The molecule has 4 aliphatic heterocycles. The van der Waals surface area contributed by atoms with E-state index in [0.29, 0.717) is 36.1 Å². The molecule has 0 saturated carbocycles. The number of aryl methyl sites for hydroxylation is 1. The lowest BCUT2D eigenvalue weighted by Crippen LogP contribution is -2.42. The van der Waals surface area contributed by atoms with Crippen LogP contribution < -0.4 is 5.32 Å². The van der Waals surface area contributed by atoms with Gasteiger partial charge in [0.25, 0.3) is 5.91 Å². The van der Waals surface area contributed by atoms with Crippen molar-refractivity contribution in [2.24, 2.45) is 11.8 Å². The third-order valence-corrected chi connectivity index (χ3v) is 7.27. The van der Waals surface area contributed by atoms with E-state index in [4.69, 9.17) is 9.47 Å². The lowest BCUT2D eigenvalue weighted by Gasteiger charge is -2.32. The van der Waals surface area contributed by atoms with Crippen molar-refractivity contribution in [3.05, 3.63) is 29.6 Å². The average molecular weight is 371 g/mol. The minimum atomic E-state index is -0.0169. The summed E-state index contributed by atoms with van der Waals surface area (Å²) < 4.78 is 12.1. The van der Waals surface area contributed by atoms with Crippen molar-refractivity contribution in [1.82, 2.24) is 15.2 Å². The SMILES string of the molecule is Cc1ncccc1C(=O)NC[C@H]1[C@H]2CN(C3CCOCC3)C[C@]23CC[C@H]1O3. The van der Waals surface area contributed by atoms with Crippen LogP contribution in [0.1, 0.15) is 41.7 Å². The number of hydrogen-bond acceptors (Lipinski definition) is 5. The van der Waals surface area contributed by atoms with Gasteiger partial charge in [0.1, 0.15) is 0 Å². The van der Waals surface area contributed by atoms with Gasteiger partial charge in [0.05, 0.1) is 17.3 Å². The number of hydrogen-bond donors (Lipinski definition) is 1. The second kappa shape index (κ2) is 6.83. The standard InChI is InChI=1S/C21H29N3O3/c1-14-16(3-2-8-22-14)20(25)23-11-17-18-12-24(15-5-9-26-10-6-15)13-21(18)7-4-19(17)27-21/h2-3,8,15,17-19H,4-7,9-13H2,1H3,(H,23,25)/t17-,18+,19+,21+/m0/s1. The van der Waals surface area contributed by atoms with E-state index in [-0.39, 0.29) is 11.5 Å². The van der Waals surface area contributed by atoms with Gasteiger partial charge in [-0.15, -0.1) is 0 Å². The lowest BCUT2D eigenvalue weighted by atomic mass is 9.73. The highest BCUT2D eigenvalue weighted by Gasteiger charge is 2.63. The Morgan fingerprint density at radius 3 is 3.04 bits per heavy atom. The highest BCUT2D eigenvalue weighted by atomic mass is 16.5. The Balaban J connectivity index is 1.26. The highest BCUT2D eigenvalue weighted by molar-refractivity contribution is 5.95. The number of aromatic nitrogens is 1. The Labute approximate surface area is 160 Å². The molecule has 0 radical (unpaired) electrons. The first-order chi connectivity index (χ1) is 13.2. The summed E-state index contributed by atoms with van der Waals surface area (Å²) in [5.41, 5.74) is 1.48. The van der Waals surface area contributed by atoms with Crippen LogP contribution in [0.4, 0.5) is 0 Å². The molecule has 6 nitrogen and oxygen atoms in total. The Morgan fingerprint density at radius 1 is 1.37 bits per heavy atom. The topological polar surface area (TPSA) is 63.7 Å². The van der Waals surface area contributed by atoms with Gasteiger partial charge < -0.3 is 14.8 Å². The summed E-state index contributed by atoms with van der Waals surface area (Å²) in [6.07, 6.45) is 6.60. The largest absolute Gasteiger partial charge is 0.381 e. The molecule has 1 aromatic heterocycles. The molecule has 1 amide bonds. The molecule has 27 heavy (non-hydrogen) atoms. The normalized spacial score (nSPS) is 36.1. The number of fused-ring (bicyclic) bond motifs is 1. The van der Waals surface area contributed by atoms with Crippen LogP contribution in [0.2, 0.25) is 0 Å². The molecule has 4 saturated heterocycles. The van der Waals surface area contributed by atoms with E-state index in [2.05, 4.69) is 15.2 Å². The average Bonchev–Trinajstić information content (AvgIpc) is 3.36. The summed E-state index contributed by atoms with van der Waals surface area (Å²) in [7, 11) is 0. The van der Waals surface area contributed by atoms with E-state index in [1.54, 1.807) is 6.20 Å². The third kappa shape index (κ3) is 2.98. The van der Waals surface area contributed by atoms with Gasteiger partial charge in [0, 0.05) is 62.6 Å². The minimum absolute atomic E-state index is 0.0169. The Kier molecular flexibility index (Phi) is 4.45. The molecule has 0 aromatic carbocycles. The first-order valence-corrected chi connectivity index (χ1v) is 10.4. The quantitative estimate of drug-likeness (QED) is 0.874. The zero-order chi connectivity index (χ0) is 18.4. The third-order valence-electron chi connectivity index (χ3n) is 7.27. The molecular formula is C21H29N3O3. The predicted molar refractivity (Wildman–Crippen MR) is 101 cm³/mol. The molecule has 6 heteroatoms. The molecule has 1 N–H and O–H groups in total. The maximum absolute atomic E-state index is 12.6. The van der Waals surface area contributed by atoms with Crippen LogP contribution in [0.15, 0.2) is 18.3 Å². The highest BCUT2D eigenvalue weighted by Crippen LogP contribution is 2.55. The molecule has 4 fully saturated rings. The van der Waals surface area contributed by atoms with Crippen LogP contribution in [0, 0.1) is 18.8 Å². The molecule has 4 atom stereocenters. The predicted octanol–water partition coefficient (Wildman–Crippen LogP) is 1.78. The number of pyridine rings is 1. The summed E-state index contributed by atoms with van der Waals surface area (Å²) in [4.78, 5) is 19.5. The number of likely N-dealkylation sites (tertiary alicyclic amines) is 1. The van der Waals surface area contributed by atoms with Crippen molar-refractivity contribution in [1.29, 1.82) is 0 Å². The van der Waals surface area contributed by atoms with Crippen molar-refractivity contribution < 1.29 is 14.3 Å². The summed E-state index contributed by atoms with van der Waals surface area (Å²) in [6, 6.07) is 4.30. The number of amides is 1. The maximum Gasteiger partial charge on any atom is 0.253 e. The van der Waals surface area contributed by atoms with Crippen LogP contribution >= 0.6 is 0 Å². The molecule has 1 aromatic rings. The number of nitrogens with zero attached hydrogens (tertiary/aromatic N) is 2. The summed E-state index contributed by atoms with van der Waals surface area (Å²) in [5, 5.41) is 3.17. The van der Waals surface area contributed by atoms with E-state index >= 15 is 0 Å². The fourth-order valence-corrected chi connectivity index (χ4v) is 5.86. The first-order valence-electron chi connectivity index (χ1n) is 10.4. The molecule has 5 heterocycles. The zero-order valence-electron chi connectivity index (χ0n) is 16.0. The van der Waals surface area contributed by atoms with Gasteiger partial charge in [0.2, 0.25) is 0 Å². The Hall–Kier alpha value is -1.50. The Morgan fingerprint density at radius 2 is 2.22 bits per heavy atom. The van der Waals surface area contributed by atoms with Crippen molar-refractivity contribution in [3.8, 4) is 0 Å². The van der Waals surface area contributed by atoms with Crippen LogP contribution in [0.25, 0.3) is 0 Å². The fourth-order valence-electron chi connectivity index (χ4n) is 5.86. The van der Waals surface area contributed by atoms with E-state index in [0.717, 1.165) is 51.3 Å². The van der Waals surface area contributed by atoms with Crippen LogP contribution in [0.5, 0.6) is 0 Å². The monoisotopic (exact) mass is 371 g/mol. The second-order valence-electron chi connectivity index (χ2n) is 8.65. The van der Waals surface area contributed by atoms with Crippen molar-refractivity contribution in [2.45, 2.75) is 50.4 Å². The van der Waals surface area contributed by atoms with Gasteiger partial charge in [-0.25, -0.2) is 0 Å². The maximum atomic E-state index is 12.6. The van der Waals surface area contributed by atoms with Crippen LogP contribution in [0.3, 0.4) is 0 Å². The van der Waals surface area contributed by atoms with Gasteiger partial charge in [0.15, 0.2) is 0 Å². The molecule has 4 aliphatic rings. The summed E-state index contributed by atoms with van der Waals surface area (Å²) in [5.74, 6) is 0.940. The minimum Gasteiger partial charge on any atom is -0.381 e. The zero-order valence-corrected chi connectivity index (χ0v) is 16.0. The van der Waals surface area contributed by atoms with Crippen molar-refractivity contribution >= 4 is 5.91 Å². The van der Waals surface area contributed by atoms with Gasteiger partial charge >= 0.3 is 0 Å². The summed E-state index contributed by atoms with van der Waals surface area (Å²) >= 11 is 0. The smallest absolute Gasteiger partial charge is 0.253 e. The molecule has 2 bridgehead atoms. The second-order valence-corrected chi connectivity index (χ2v) is 8.65. The molecule has 1 spiro atoms. The van der Waals surface area contributed by atoms with E-state index in [9.17, 15) is 4.79 Å². The van der Waals surface area contributed by atoms with Crippen molar-refractivity contribution in [2.75, 3.05) is 32.8 Å². The molecular weight excluding hydrogens is 342 g/mol. The number of carbonyl (C=O) groups is 1. The number of ether oxygens (including phenoxy) is 2. The Bertz CT molecular complexity index is 720. The molecule has 0 unspecified atom stereocenters. The molecule has 146 valence electrons. The van der Waals surface area contributed by atoms with Gasteiger partial charge in [-0.2, -0.15) is 0 Å². The van der Waals surface area contributed by atoms with Gasteiger partial charge in [-0.3, -0.25) is 14.7 Å². The number of rotatable bonds is 4.